The smallest absolute Gasteiger partial charge is 0.244 e. The number of hydrogen-bond donors (Lipinski definition) is 1. The Kier molecular flexibility index (Phi) is 6.43. The molecule has 0 aliphatic carbocycles. The Labute approximate surface area is 152 Å². The minimum Gasteiger partial charge on any atom is -0.495 e. The number of carbonyl (C=O) groups is 2. The van der Waals surface area contributed by atoms with Gasteiger partial charge in [0, 0.05) is 18.7 Å². The van der Waals surface area contributed by atoms with E-state index in [9.17, 15) is 9.59 Å². The van der Waals surface area contributed by atoms with Crippen LogP contribution in [-0.2, 0) is 9.59 Å². The Bertz CT molecular complexity index is 791. The molecule has 0 radical (unpaired) electrons. The largest absolute Gasteiger partial charge is 0.495 e. The highest BCUT2D eigenvalue weighted by Gasteiger charge is 2.19. The lowest BCUT2D eigenvalue weighted by Crippen LogP contribution is -2.36. The Balaban J connectivity index is 2.17. The number of nitrogens with one attached hydrogen (secondary N) is 1. The van der Waals surface area contributed by atoms with Gasteiger partial charge in [-0.15, -0.1) is 0 Å². The number of methoxy groups -OCH3 is 3. The van der Waals surface area contributed by atoms with E-state index >= 15 is 0 Å². The molecule has 0 heterocycles. The summed E-state index contributed by atoms with van der Waals surface area (Å²) < 4.78 is 15.7. The molecule has 0 saturated carbocycles. The van der Waals surface area contributed by atoms with Crippen molar-refractivity contribution in [3.05, 3.63) is 42.5 Å². The van der Waals surface area contributed by atoms with Crippen LogP contribution in [0.1, 0.15) is 6.92 Å². The molecule has 0 fully saturated rings. The van der Waals surface area contributed by atoms with Crippen LogP contribution in [0.3, 0.4) is 0 Å². The Morgan fingerprint density at radius 2 is 1.58 bits per heavy atom. The van der Waals surface area contributed by atoms with Crippen LogP contribution in [0.25, 0.3) is 0 Å². The van der Waals surface area contributed by atoms with E-state index < -0.39 is 0 Å². The normalized spacial score (nSPS) is 10.0. The van der Waals surface area contributed by atoms with Crippen LogP contribution >= 0.6 is 0 Å². The van der Waals surface area contributed by atoms with Crippen molar-refractivity contribution in [1.29, 1.82) is 0 Å². The van der Waals surface area contributed by atoms with E-state index in [0.29, 0.717) is 28.6 Å². The van der Waals surface area contributed by atoms with Gasteiger partial charge in [-0.05, 0) is 24.3 Å². The van der Waals surface area contributed by atoms with E-state index in [-0.39, 0.29) is 18.4 Å². The fraction of sp³-hybridized carbons (Fsp3) is 0.263. The molecule has 0 unspecified atom stereocenters. The van der Waals surface area contributed by atoms with Gasteiger partial charge >= 0.3 is 0 Å². The van der Waals surface area contributed by atoms with Gasteiger partial charge in [-0.3, -0.25) is 14.5 Å². The maximum atomic E-state index is 12.4. The maximum Gasteiger partial charge on any atom is 0.244 e. The molecule has 7 heteroatoms. The van der Waals surface area contributed by atoms with Crippen molar-refractivity contribution in [3.63, 3.8) is 0 Å². The second-order valence-electron chi connectivity index (χ2n) is 5.39. The van der Waals surface area contributed by atoms with E-state index in [2.05, 4.69) is 5.32 Å². The van der Waals surface area contributed by atoms with Crippen LogP contribution in [0.4, 0.5) is 11.4 Å². The third-order valence-corrected chi connectivity index (χ3v) is 3.73. The second-order valence-corrected chi connectivity index (χ2v) is 5.39. The van der Waals surface area contributed by atoms with Crippen molar-refractivity contribution >= 4 is 23.2 Å². The second kappa shape index (κ2) is 8.75. The topological polar surface area (TPSA) is 77.1 Å². The first-order valence-electron chi connectivity index (χ1n) is 7.93. The summed E-state index contributed by atoms with van der Waals surface area (Å²) in [6, 6.07) is 12.1. The van der Waals surface area contributed by atoms with Crippen molar-refractivity contribution in [2.24, 2.45) is 0 Å². The number of hydrogen-bond acceptors (Lipinski definition) is 5. The fourth-order valence-electron chi connectivity index (χ4n) is 2.48. The molecule has 138 valence electrons. The number of benzene rings is 2. The lowest BCUT2D eigenvalue weighted by Gasteiger charge is -2.22. The van der Waals surface area contributed by atoms with Crippen LogP contribution in [0.15, 0.2) is 42.5 Å². The van der Waals surface area contributed by atoms with Gasteiger partial charge in [-0.1, -0.05) is 12.1 Å². The summed E-state index contributed by atoms with van der Waals surface area (Å²) in [5.41, 5.74) is 1.07. The molecular formula is C19H22N2O5. The van der Waals surface area contributed by atoms with Crippen molar-refractivity contribution in [3.8, 4) is 17.2 Å². The number of rotatable bonds is 7. The molecule has 7 nitrogen and oxygen atoms in total. The molecule has 0 aromatic heterocycles. The molecule has 0 atom stereocenters. The zero-order valence-corrected chi connectivity index (χ0v) is 15.2. The first-order chi connectivity index (χ1) is 12.5. The summed E-state index contributed by atoms with van der Waals surface area (Å²) >= 11 is 0. The van der Waals surface area contributed by atoms with Crippen molar-refractivity contribution in [1.82, 2.24) is 0 Å². The van der Waals surface area contributed by atoms with Crippen molar-refractivity contribution in [2.45, 2.75) is 6.92 Å². The van der Waals surface area contributed by atoms with Gasteiger partial charge in [-0.2, -0.15) is 0 Å². The van der Waals surface area contributed by atoms with Crippen LogP contribution in [0.2, 0.25) is 0 Å². The minimum atomic E-state index is -0.349. The average Bonchev–Trinajstić information content (AvgIpc) is 2.65. The van der Waals surface area contributed by atoms with Gasteiger partial charge in [0.2, 0.25) is 11.8 Å². The first kappa shape index (κ1) is 19.1. The summed E-state index contributed by atoms with van der Waals surface area (Å²) in [6.07, 6.45) is 0. The van der Waals surface area contributed by atoms with Gasteiger partial charge in [-0.25, -0.2) is 0 Å². The lowest BCUT2D eigenvalue weighted by atomic mass is 10.2. The maximum absolute atomic E-state index is 12.4. The minimum absolute atomic E-state index is 0.149. The van der Waals surface area contributed by atoms with Crippen LogP contribution in [0, 0.1) is 0 Å². The first-order valence-corrected chi connectivity index (χ1v) is 7.93. The Morgan fingerprint density at radius 3 is 2.19 bits per heavy atom. The lowest BCUT2D eigenvalue weighted by molar-refractivity contribution is -0.120. The molecule has 0 aliphatic heterocycles. The molecule has 1 N–H and O–H groups in total. The molecule has 2 aromatic carbocycles. The summed E-state index contributed by atoms with van der Waals surface area (Å²) in [4.78, 5) is 25.8. The Hall–Kier alpha value is -3.22. The number of carbonyl (C=O) groups excluding carboxylic acids is 2. The number of amides is 2. The summed E-state index contributed by atoms with van der Waals surface area (Å²) in [7, 11) is 4.57. The van der Waals surface area contributed by atoms with Crippen LogP contribution < -0.4 is 24.4 Å². The molecule has 2 amide bonds. The number of anilines is 2. The van der Waals surface area contributed by atoms with E-state index in [4.69, 9.17) is 14.2 Å². The van der Waals surface area contributed by atoms with Crippen molar-refractivity contribution in [2.75, 3.05) is 38.1 Å². The van der Waals surface area contributed by atoms with Gasteiger partial charge in [0.15, 0.2) is 11.5 Å². The van der Waals surface area contributed by atoms with E-state index in [0.717, 1.165) is 0 Å². The van der Waals surface area contributed by atoms with E-state index in [1.165, 1.54) is 33.2 Å². The van der Waals surface area contributed by atoms with E-state index in [1.807, 2.05) is 0 Å². The van der Waals surface area contributed by atoms with Gasteiger partial charge in [0.05, 0.1) is 27.0 Å². The Morgan fingerprint density at radius 1 is 0.923 bits per heavy atom. The molecule has 0 saturated heterocycles. The standard InChI is InChI=1S/C19H22N2O5/c1-13(22)21(15-7-5-6-8-16(15)24-2)12-19(23)20-14-9-10-17(25-3)18(11-14)26-4/h5-11H,12H2,1-4H3,(H,20,23). The van der Waals surface area contributed by atoms with Gasteiger partial charge < -0.3 is 19.5 Å². The summed E-state index contributed by atoms with van der Waals surface area (Å²) in [5, 5.41) is 2.75. The predicted octanol–water partition coefficient (Wildman–Crippen LogP) is 2.70. The molecular weight excluding hydrogens is 336 g/mol. The predicted molar refractivity (Wildman–Crippen MR) is 99.2 cm³/mol. The highest BCUT2D eigenvalue weighted by Crippen LogP contribution is 2.30. The molecule has 2 aromatic rings. The highest BCUT2D eigenvalue weighted by atomic mass is 16.5. The monoisotopic (exact) mass is 358 g/mol. The van der Waals surface area contributed by atoms with Crippen molar-refractivity contribution < 1.29 is 23.8 Å². The quantitative estimate of drug-likeness (QED) is 0.823. The fourth-order valence-corrected chi connectivity index (χ4v) is 2.48. The zero-order valence-electron chi connectivity index (χ0n) is 15.2. The number of ether oxygens (including phenoxy) is 3. The SMILES string of the molecule is COc1ccc(NC(=O)CN(C(C)=O)c2ccccc2OC)cc1OC. The third-order valence-electron chi connectivity index (χ3n) is 3.73. The zero-order chi connectivity index (χ0) is 19.1. The summed E-state index contributed by atoms with van der Waals surface area (Å²) in [5.74, 6) is 0.959. The number of para-hydroxylation sites is 2. The molecule has 0 aliphatic rings. The number of nitrogens with zero attached hydrogens (tertiary/aromatic N) is 1. The van der Waals surface area contributed by atoms with E-state index in [1.54, 1.807) is 42.5 Å². The highest BCUT2D eigenvalue weighted by molar-refractivity contribution is 6.02. The summed E-state index contributed by atoms with van der Waals surface area (Å²) in [6.45, 7) is 1.25. The average molecular weight is 358 g/mol. The van der Waals surface area contributed by atoms with Crippen LogP contribution in [0.5, 0.6) is 17.2 Å². The molecule has 2 rings (SSSR count). The van der Waals surface area contributed by atoms with Crippen LogP contribution in [-0.4, -0.2) is 39.7 Å². The molecule has 0 bridgehead atoms. The third kappa shape index (κ3) is 4.44. The molecule has 0 spiro atoms. The van der Waals surface area contributed by atoms with Gasteiger partial charge in [0.1, 0.15) is 12.3 Å². The van der Waals surface area contributed by atoms with Gasteiger partial charge in [0.25, 0.3) is 0 Å². The molecule has 26 heavy (non-hydrogen) atoms.